The summed E-state index contributed by atoms with van der Waals surface area (Å²) in [6.45, 7) is 1.38. The molecule has 0 saturated carbocycles. The largest absolute Gasteiger partial charge is 0.534 e. The summed E-state index contributed by atoms with van der Waals surface area (Å²) in [5.41, 5.74) is -5.49. The molecule has 0 atom stereocenters. The molecule has 29 heavy (non-hydrogen) atoms. The number of aromatic hydroxyl groups is 1. The van der Waals surface area contributed by atoms with Gasteiger partial charge in [0.05, 0.1) is 0 Å². The van der Waals surface area contributed by atoms with Crippen molar-refractivity contribution >= 4 is 10.1 Å². The summed E-state index contributed by atoms with van der Waals surface area (Å²) in [4.78, 5) is 0. The van der Waals surface area contributed by atoms with E-state index < -0.39 is 21.4 Å². The molecule has 0 unspecified atom stereocenters. The van der Waals surface area contributed by atoms with Crippen LogP contribution in [0.2, 0.25) is 0 Å². The zero-order valence-corrected chi connectivity index (χ0v) is 15.5. The molecule has 1 N–H and O–H groups in total. The van der Waals surface area contributed by atoms with Gasteiger partial charge in [-0.25, -0.2) is 0 Å². The van der Waals surface area contributed by atoms with Gasteiger partial charge in [-0.3, -0.25) is 0 Å². The van der Waals surface area contributed by atoms with Crippen LogP contribution in [0.1, 0.15) is 0 Å². The monoisotopic (exact) mass is 436 g/mol. The van der Waals surface area contributed by atoms with Gasteiger partial charge in [0, 0.05) is 0 Å². The van der Waals surface area contributed by atoms with Gasteiger partial charge in [0.1, 0.15) is 26.4 Å². The molecule has 0 amide bonds. The number of hydrogen-bond acceptors (Lipinski definition) is 8. The molecule has 0 bridgehead atoms. The SMILES string of the molecule is O=S(=O)(Oc1cccc2c1OCCO2)C(F)(F)F.Oc1cccc2c1OCCO2. The van der Waals surface area contributed by atoms with Crippen LogP contribution in [0.4, 0.5) is 13.2 Å². The standard InChI is InChI=1S/C9H7F3O5S.C8H8O3/c10-9(11,12)18(13,14)17-7-3-1-2-6-8(7)16-5-4-15-6;9-6-2-1-3-7-8(6)11-5-4-10-7/h1-3H,4-5H2;1-3,9H,4-5H2. The first-order valence-corrected chi connectivity index (χ1v) is 9.57. The Morgan fingerprint density at radius 3 is 1.93 bits per heavy atom. The van der Waals surface area contributed by atoms with E-state index in [1.165, 1.54) is 12.1 Å². The minimum atomic E-state index is -5.72. The van der Waals surface area contributed by atoms with Gasteiger partial charge in [0.25, 0.3) is 0 Å². The Morgan fingerprint density at radius 1 is 0.828 bits per heavy atom. The molecular weight excluding hydrogens is 421 g/mol. The van der Waals surface area contributed by atoms with Gasteiger partial charge >= 0.3 is 15.6 Å². The first-order valence-electron chi connectivity index (χ1n) is 8.16. The van der Waals surface area contributed by atoms with E-state index in [9.17, 15) is 26.7 Å². The summed E-state index contributed by atoms with van der Waals surface area (Å²) >= 11 is 0. The molecule has 2 aliphatic heterocycles. The van der Waals surface area contributed by atoms with Crippen molar-refractivity contribution in [2.45, 2.75) is 5.51 Å². The van der Waals surface area contributed by atoms with Crippen molar-refractivity contribution in [1.82, 2.24) is 0 Å². The summed E-state index contributed by atoms with van der Waals surface area (Å²) < 4.78 is 82.7. The van der Waals surface area contributed by atoms with Gasteiger partial charge in [-0.1, -0.05) is 12.1 Å². The highest BCUT2D eigenvalue weighted by Gasteiger charge is 2.49. The maximum absolute atomic E-state index is 12.2. The second-order valence-electron chi connectivity index (χ2n) is 5.56. The fraction of sp³-hybridized carbons (Fsp3) is 0.294. The Labute approximate surface area is 163 Å². The van der Waals surface area contributed by atoms with Crippen LogP contribution in [0, 0.1) is 0 Å². The van der Waals surface area contributed by atoms with Crippen molar-refractivity contribution in [3.8, 4) is 34.5 Å². The highest BCUT2D eigenvalue weighted by molar-refractivity contribution is 7.88. The van der Waals surface area contributed by atoms with Crippen LogP contribution in [0.25, 0.3) is 0 Å². The number of phenolic OH excluding ortho intramolecular Hbond substituents is 1. The predicted octanol–water partition coefficient (Wildman–Crippen LogP) is 2.85. The van der Waals surface area contributed by atoms with Gasteiger partial charge in [0.15, 0.2) is 23.0 Å². The number of halogens is 3. The second-order valence-corrected chi connectivity index (χ2v) is 7.10. The molecule has 2 aromatic carbocycles. The minimum Gasteiger partial charge on any atom is -0.504 e. The second kappa shape index (κ2) is 8.15. The first-order chi connectivity index (χ1) is 13.7. The van der Waals surface area contributed by atoms with Crippen LogP contribution in [0.5, 0.6) is 34.5 Å². The van der Waals surface area contributed by atoms with E-state index in [1.54, 1.807) is 18.2 Å². The summed E-state index contributed by atoms with van der Waals surface area (Å²) in [6.07, 6.45) is 0. The minimum absolute atomic E-state index is 0.0967. The Hall–Kier alpha value is -3.02. The van der Waals surface area contributed by atoms with Crippen molar-refractivity contribution < 1.29 is 49.8 Å². The predicted molar refractivity (Wildman–Crippen MR) is 92.1 cm³/mol. The Kier molecular flexibility index (Phi) is 5.82. The molecule has 2 aromatic rings. The van der Waals surface area contributed by atoms with E-state index in [0.29, 0.717) is 24.7 Å². The smallest absolute Gasteiger partial charge is 0.504 e. The Balaban J connectivity index is 0.000000186. The lowest BCUT2D eigenvalue weighted by Gasteiger charge is -2.20. The maximum atomic E-state index is 12.2. The fourth-order valence-electron chi connectivity index (χ4n) is 2.34. The molecule has 0 aromatic heterocycles. The molecule has 0 fully saturated rings. The Morgan fingerprint density at radius 2 is 1.34 bits per heavy atom. The lowest BCUT2D eigenvalue weighted by Crippen LogP contribution is -2.28. The molecule has 2 aliphatic rings. The topological polar surface area (TPSA) is 101 Å². The van der Waals surface area contributed by atoms with Gasteiger partial charge in [-0.15, -0.1) is 0 Å². The van der Waals surface area contributed by atoms with Gasteiger partial charge in [0.2, 0.25) is 11.5 Å². The highest BCUT2D eigenvalue weighted by Crippen LogP contribution is 2.41. The van der Waals surface area contributed by atoms with E-state index in [2.05, 4.69) is 4.18 Å². The molecule has 12 heteroatoms. The van der Waals surface area contributed by atoms with Crippen LogP contribution in [0.15, 0.2) is 36.4 Å². The van der Waals surface area contributed by atoms with Crippen LogP contribution >= 0.6 is 0 Å². The van der Waals surface area contributed by atoms with Crippen molar-refractivity contribution in [3.05, 3.63) is 36.4 Å². The van der Waals surface area contributed by atoms with E-state index in [0.717, 1.165) is 6.07 Å². The number of alkyl halides is 3. The summed E-state index contributed by atoms with van der Waals surface area (Å²) in [5.74, 6) is 0.648. The quantitative estimate of drug-likeness (QED) is 0.567. The third-order valence-corrected chi connectivity index (χ3v) is 4.52. The average molecular weight is 436 g/mol. The average Bonchev–Trinajstić information content (AvgIpc) is 2.68. The number of fused-ring (bicyclic) bond motifs is 2. The summed E-state index contributed by atoms with van der Waals surface area (Å²) in [5, 5.41) is 9.25. The normalized spacial score (nSPS) is 15.0. The van der Waals surface area contributed by atoms with Crippen molar-refractivity contribution in [2.75, 3.05) is 26.4 Å². The third kappa shape index (κ3) is 4.70. The number of hydrogen-bond donors (Lipinski definition) is 1. The van der Waals surface area contributed by atoms with E-state index in [4.69, 9.17) is 18.9 Å². The highest BCUT2D eigenvalue weighted by atomic mass is 32.2. The molecule has 0 aliphatic carbocycles. The molecule has 0 saturated heterocycles. The van der Waals surface area contributed by atoms with E-state index >= 15 is 0 Å². The first kappa shape index (κ1) is 20.7. The summed E-state index contributed by atoms with van der Waals surface area (Å²) in [7, 11) is -5.72. The van der Waals surface area contributed by atoms with Crippen LogP contribution in [-0.4, -0.2) is 45.5 Å². The zero-order chi connectivity index (χ0) is 21.1. The molecular formula is C17H15F3O8S. The zero-order valence-electron chi connectivity index (χ0n) is 14.6. The van der Waals surface area contributed by atoms with Crippen molar-refractivity contribution in [2.24, 2.45) is 0 Å². The van der Waals surface area contributed by atoms with Gasteiger partial charge in [-0.05, 0) is 24.3 Å². The number of rotatable bonds is 2. The fourth-order valence-corrected chi connectivity index (χ4v) is 2.80. The number of para-hydroxylation sites is 2. The van der Waals surface area contributed by atoms with Crippen molar-refractivity contribution in [1.29, 1.82) is 0 Å². The molecule has 2 heterocycles. The van der Waals surface area contributed by atoms with Crippen LogP contribution < -0.4 is 23.1 Å². The lowest BCUT2D eigenvalue weighted by molar-refractivity contribution is -0.0501. The molecule has 158 valence electrons. The van der Waals surface area contributed by atoms with Crippen LogP contribution in [-0.2, 0) is 10.1 Å². The van der Waals surface area contributed by atoms with Gasteiger partial charge in [-0.2, -0.15) is 21.6 Å². The van der Waals surface area contributed by atoms with Crippen molar-refractivity contribution in [3.63, 3.8) is 0 Å². The number of phenols is 1. The third-order valence-electron chi connectivity index (χ3n) is 3.56. The van der Waals surface area contributed by atoms with E-state index in [1.807, 2.05) is 0 Å². The number of ether oxygens (including phenoxy) is 4. The molecule has 4 rings (SSSR count). The lowest BCUT2D eigenvalue weighted by atomic mass is 10.3. The van der Waals surface area contributed by atoms with Gasteiger partial charge < -0.3 is 28.2 Å². The summed E-state index contributed by atoms with van der Waals surface area (Å²) in [6, 6.07) is 8.86. The van der Waals surface area contributed by atoms with Crippen LogP contribution in [0.3, 0.4) is 0 Å². The number of benzene rings is 2. The molecule has 8 nitrogen and oxygen atoms in total. The Bertz CT molecular complexity index is 975. The van der Waals surface area contributed by atoms with E-state index in [-0.39, 0.29) is 30.5 Å². The maximum Gasteiger partial charge on any atom is 0.534 e. The molecule has 0 radical (unpaired) electrons. The molecule has 0 spiro atoms.